The van der Waals surface area contributed by atoms with Crippen LogP contribution >= 0.6 is 15.9 Å². The summed E-state index contributed by atoms with van der Waals surface area (Å²) in [5, 5.41) is 3.38. The first kappa shape index (κ1) is 17.4. The summed E-state index contributed by atoms with van der Waals surface area (Å²) in [4.78, 5) is 9.32. The summed E-state index contributed by atoms with van der Waals surface area (Å²) >= 11 is 3.64. The Bertz CT molecular complexity index is 410. The molecule has 0 fully saturated rings. The summed E-state index contributed by atoms with van der Waals surface area (Å²) in [6, 6.07) is 0. The van der Waals surface area contributed by atoms with E-state index in [9.17, 15) is 0 Å². The van der Waals surface area contributed by atoms with E-state index in [1.54, 1.807) is 7.11 Å². The van der Waals surface area contributed by atoms with Gasteiger partial charge in [0.05, 0.1) is 10.2 Å². The van der Waals surface area contributed by atoms with Crippen LogP contribution in [0.25, 0.3) is 0 Å². The molecule has 0 aliphatic heterocycles. The number of ether oxygens (including phenoxy) is 1. The number of methoxy groups -OCH3 is 1. The molecule has 0 saturated carbocycles. The Morgan fingerprint density at radius 1 is 1.30 bits per heavy atom. The molecule has 114 valence electrons. The highest BCUT2D eigenvalue weighted by Gasteiger charge is 2.13. The average Bonchev–Trinajstić information content (AvgIpc) is 2.40. The summed E-state index contributed by atoms with van der Waals surface area (Å²) in [6.07, 6.45) is 3.84. The van der Waals surface area contributed by atoms with Gasteiger partial charge in [-0.3, -0.25) is 0 Å². The van der Waals surface area contributed by atoms with E-state index in [0.717, 1.165) is 60.6 Å². The van der Waals surface area contributed by atoms with E-state index in [2.05, 4.69) is 47.0 Å². The lowest BCUT2D eigenvalue weighted by atomic mass is 10.1. The van der Waals surface area contributed by atoms with Crippen LogP contribution in [0.1, 0.15) is 45.1 Å². The number of aromatic nitrogens is 2. The first-order chi connectivity index (χ1) is 9.58. The van der Waals surface area contributed by atoms with Crippen LogP contribution in [-0.2, 0) is 17.6 Å². The summed E-state index contributed by atoms with van der Waals surface area (Å²) < 4.78 is 6.11. The van der Waals surface area contributed by atoms with Crippen molar-refractivity contribution in [2.45, 2.75) is 46.5 Å². The number of nitrogens with zero attached hydrogens (tertiary/aromatic N) is 2. The number of aryl methyl sites for hydroxylation is 1. The van der Waals surface area contributed by atoms with Gasteiger partial charge in [-0.1, -0.05) is 20.8 Å². The molecule has 0 atom stereocenters. The lowest BCUT2D eigenvalue weighted by molar-refractivity contribution is 0.194. The normalized spacial score (nSPS) is 11.1. The fourth-order valence-electron chi connectivity index (χ4n) is 1.91. The maximum atomic E-state index is 5.10. The number of hydrogen-bond donors (Lipinski definition) is 1. The molecule has 1 rings (SSSR count). The third-order valence-electron chi connectivity index (χ3n) is 2.86. The largest absolute Gasteiger partial charge is 0.385 e. The molecular formula is C15H26BrN3O. The first-order valence-electron chi connectivity index (χ1n) is 7.36. The minimum absolute atomic E-state index is 0.576. The maximum absolute atomic E-state index is 5.10. The highest BCUT2D eigenvalue weighted by Crippen LogP contribution is 2.26. The molecule has 4 nitrogen and oxygen atoms in total. The summed E-state index contributed by atoms with van der Waals surface area (Å²) in [6.45, 7) is 8.23. The Hall–Kier alpha value is -0.680. The molecule has 1 heterocycles. The van der Waals surface area contributed by atoms with Gasteiger partial charge < -0.3 is 10.1 Å². The van der Waals surface area contributed by atoms with Gasteiger partial charge >= 0.3 is 0 Å². The van der Waals surface area contributed by atoms with Crippen molar-refractivity contribution >= 4 is 21.7 Å². The molecule has 0 saturated heterocycles. The first-order valence-corrected chi connectivity index (χ1v) is 8.15. The Morgan fingerprint density at radius 2 is 2.05 bits per heavy atom. The van der Waals surface area contributed by atoms with Gasteiger partial charge in [0.2, 0.25) is 0 Å². The molecule has 0 aliphatic carbocycles. The fourth-order valence-corrected chi connectivity index (χ4v) is 2.39. The summed E-state index contributed by atoms with van der Waals surface area (Å²) in [7, 11) is 1.72. The number of halogens is 1. The lowest BCUT2D eigenvalue weighted by Crippen LogP contribution is -2.11. The van der Waals surface area contributed by atoms with E-state index in [4.69, 9.17) is 9.72 Å². The van der Waals surface area contributed by atoms with Gasteiger partial charge in [-0.05, 0) is 41.1 Å². The zero-order chi connectivity index (χ0) is 15.0. The molecule has 0 aliphatic rings. The number of anilines is 1. The molecule has 1 aromatic rings. The topological polar surface area (TPSA) is 47.0 Å². The van der Waals surface area contributed by atoms with E-state index in [0.29, 0.717) is 5.92 Å². The predicted octanol–water partition coefficient (Wildman–Crippen LogP) is 3.84. The third kappa shape index (κ3) is 5.75. The minimum atomic E-state index is 0.576. The lowest BCUT2D eigenvalue weighted by Gasteiger charge is -2.14. The minimum Gasteiger partial charge on any atom is -0.385 e. The van der Waals surface area contributed by atoms with Gasteiger partial charge in [-0.25, -0.2) is 9.97 Å². The average molecular weight is 344 g/mol. The van der Waals surface area contributed by atoms with Gasteiger partial charge in [0, 0.05) is 26.7 Å². The summed E-state index contributed by atoms with van der Waals surface area (Å²) in [5.41, 5.74) is 1.10. The molecule has 1 aromatic heterocycles. The van der Waals surface area contributed by atoms with Gasteiger partial charge in [0.25, 0.3) is 0 Å². The van der Waals surface area contributed by atoms with Crippen molar-refractivity contribution in [3.05, 3.63) is 16.0 Å². The van der Waals surface area contributed by atoms with Crippen molar-refractivity contribution in [2.75, 3.05) is 25.6 Å². The summed E-state index contributed by atoms with van der Waals surface area (Å²) in [5.74, 6) is 2.40. The second-order valence-corrected chi connectivity index (χ2v) is 6.16. The van der Waals surface area contributed by atoms with E-state index >= 15 is 0 Å². The molecular weight excluding hydrogens is 318 g/mol. The van der Waals surface area contributed by atoms with Crippen LogP contribution in [0.5, 0.6) is 0 Å². The van der Waals surface area contributed by atoms with Crippen molar-refractivity contribution in [1.82, 2.24) is 9.97 Å². The van der Waals surface area contributed by atoms with Crippen LogP contribution in [0, 0.1) is 5.92 Å². The van der Waals surface area contributed by atoms with Crippen LogP contribution < -0.4 is 5.32 Å². The molecule has 0 radical (unpaired) electrons. The molecule has 0 amide bonds. The molecule has 1 N–H and O–H groups in total. The molecule has 0 aromatic carbocycles. The van der Waals surface area contributed by atoms with Gasteiger partial charge in [0.15, 0.2) is 0 Å². The zero-order valence-electron chi connectivity index (χ0n) is 13.0. The predicted molar refractivity (Wildman–Crippen MR) is 87.3 cm³/mol. The van der Waals surface area contributed by atoms with E-state index in [1.807, 2.05) is 0 Å². The van der Waals surface area contributed by atoms with Crippen molar-refractivity contribution in [1.29, 1.82) is 0 Å². The van der Waals surface area contributed by atoms with Crippen LogP contribution in [0.2, 0.25) is 0 Å². The van der Waals surface area contributed by atoms with Crippen molar-refractivity contribution < 1.29 is 4.74 Å². The number of hydrogen-bond acceptors (Lipinski definition) is 4. The Balaban J connectivity index is 2.92. The molecule has 5 heteroatoms. The van der Waals surface area contributed by atoms with E-state index in [1.165, 1.54) is 0 Å². The standard InChI is InChI=1S/C15H26BrN3O/c1-5-8-17-15-14(16)12(10-11(2)3)18-13(19-15)7-6-9-20-4/h11H,5-10H2,1-4H3,(H,17,18,19). The highest BCUT2D eigenvalue weighted by molar-refractivity contribution is 9.10. The van der Waals surface area contributed by atoms with Gasteiger partial charge in [-0.2, -0.15) is 0 Å². The Kier molecular flexibility index (Phi) is 8.07. The highest BCUT2D eigenvalue weighted by atomic mass is 79.9. The van der Waals surface area contributed by atoms with E-state index < -0.39 is 0 Å². The molecule has 20 heavy (non-hydrogen) atoms. The van der Waals surface area contributed by atoms with Crippen LogP contribution in [0.15, 0.2) is 4.47 Å². The smallest absolute Gasteiger partial charge is 0.144 e. The maximum Gasteiger partial charge on any atom is 0.144 e. The van der Waals surface area contributed by atoms with Crippen molar-refractivity contribution in [3.63, 3.8) is 0 Å². The number of rotatable bonds is 9. The Morgan fingerprint density at radius 3 is 2.65 bits per heavy atom. The SMILES string of the molecule is CCCNc1nc(CCCOC)nc(CC(C)C)c1Br. The number of nitrogens with one attached hydrogen (secondary N) is 1. The zero-order valence-corrected chi connectivity index (χ0v) is 14.6. The van der Waals surface area contributed by atoms with E-state index in [-0.39, 0.29) is 0 Å². The van der Waals surface area contributed by atoms with Crippen LogP contribution in [0.3, 0.4) is 0 Å². The molecule has 0 bridgehead atoms. The second kappa shape index (κ2) is 9.29. The monoisotopic (exact) mass is 343 g/mol. The van der Waals surface area contributed by atoms with Crippen LogP contribution in [0.4, 0.5) is 5.82 Å². The Labute approximate surface area is 130 Å². The van der Waals surface area contributed by atoms with Crippen molar-refractivity contribution in [3.8, 4) is 0 Å². The van der Waals surface area contributed by atoms with Crippen molar-refractivity contribution in [2.24, 2.45) is 5.92 Å². The fraction of sp³-hybridized carbons (Fsp3) is 0.733. The van der Waals surface area contributed by atoms with Gasteiger partial charge in [-0.15, -0.1) is 0 Å². The van der Waals surface area contributed by atoms with Crippen LogP contribution in [-0.4, -0.2) is 30.2 Å². The molecule has 0 unspecified atom stereocenters. The quantitative estimate of drug-likeness (QED) is 0.692. The van der Waals surface area contributed by atoms with Gasteiger partial charge in [0.1, 0.15) is 11.6 Å². The third-order valence-corrected chi connectivity index (χ3v) is 3.69. The molecule has 0 spiro atoms. The second-order valence-electron chi connectivity index (χ2n) is 5.37.